The van der Waals surface area contributed by atoms with Crippen molar-refractivity contribution in [2.45, 2.75) is 44.2 Å². The van der Waals surface area contributed by atoms with Crippen molar-refractivity contribution >= 4 is 0 Å². The Morgan fingerprint density at radius 2 is 1.83 bits per heavy atom. The van der Waals surface area contributed by atoms with E-state index in [0.29, 0.717) is 12.0 Å². The maximum absolute atomic E-state index is 10.2. The van der Waals surface area contributed by atoms with Gasteiger partial charge in [0.15, 0.2) is 0 Å². The van der Waals surface area contributed by atoms with Crippen molar-refractivity contribution in [3.05, 3.63) is 35.9 Å². The summed E-state index contributed by atoms with van der Waals surface area (Å²) in [6.07, 6.45) is 5.51. The van der Waals surface area contributed by atoms with Crippen molar-refractivity contribution in [1.29, 1.82) is 0 Å². The third-order valence-corrected chi connectivity index (χ3v) is 4.23. The lowest BCUT2D eigenvalue weighted by molar-refractivity contribution is 0.0229. The van der Waals surface area contributed by atoms with E-state index in [4.69, 9.17) is 0 Å². The highest BCUT2D eigenvalue weighted by Gasteiger charge is 2.31. The Hall–Kier alpha value is -0.860. The molecule has 1 aliphatic rings. The Morgan fingerprint density at radius 1 is 1.17 bits per heavy atom. The zero-order valence-electron chi connectivity index (χ0n) is 11.5. The van der Waals surface area contributed by atoms with Gasteiger partial charge in [-0.15, -0.1) is 0 Å². The molecule has 3 unspecified atom stereocenters. The Kier molecular flexibility index (Phi) is 4.79. The molecule has 0 saturated heterocycles. The standard InChI is InChI=1S/C16H25NO/c1-17(2)15(12-13-8-4-3-5-9-13)14-10-6-7-11-16(14)18/h3-5,8-9,14-16,18H,6-7,10-12H2,1-2H3. The number of hydrogen-bond donors (Lipinski definition) is 1. The van der Waals surface area contributed by atoms with Gasteiger partial charge < -0.3 is 10.0 Å². The first-order valence-electron chi connectivity index (χ1n) is 7.07. The lowest BCUT2D eigenvalue weighted by Gasteiger charge is -2.38. The molecule has 0 bridgehead atoms. The van der Waals surface area contributed by atoms with Crippen molar-refractivity contribution in [3.8, 4) is 0 Å². The summed E-state index contributed by atoms with van der Waals surface area (Å²) in [7, 11) is 4.27. The van der Waals surface area contributed by atoms with Crippen molar-refractivity contribution < 1.29 is 5.11 Å². The first-order chi connectivity index (χ1) is 8.68. The second-order valence-electron chi connectivity index (χ2n) is 5.74. The minimum atomic E-state index is -0.116. The normalized spacial score (nSPS) is 26.2. The molecule has 1 saturated carbocycles. The summed E-state index contributed by atoms with van der Waals surface area (Å²) in [6.45, 7) is 0. The largest absolute Gasteiger partial charge is 0.393 e. The van der Waals surface area contributed by atoms with Crippen LogP contribution < -0.4 is 0 Å². The van der Waals surface area contributed by atoms with Gasteiger partial charge in [-0.25, -0.2) is 0 Å². The van der Waals surface area contributed by atoms with E-state index in [1.54, 1.807) is 0 Å². The molecule has 0 spiro atoms. The fraction of sp³-hybridized carbons (Fsp3) is 0.625. The molecule has 1 aromatic rings. The summed E-state index contributed by atoms with van der Waals surface area (Å²) in [4.78, 5) is 2.28. The fourth-order valence-electron chi connectivity index (χ4n) is 3.16. The van der Waals surface area contributed by atoms with Gasteiger partial charge in [-0.1, -0.05) is 43.2 Å². The van der Waals surface area contributed by atoms with Crippen molar-refractivity contribution in [2.24, 2.45) is 5.92 Å². The topological polar surface area (TPSA) is 23.5 Å². The molecule has 0 radical (unpaired) electrons. The van der Waals surface area contributed by atoms with Gasteiger partial charge in [0, 0.05) is 12.0 Å². The van der Waals surface area contributed by atoms with Crippen LogP contribution in [0, 0.1) is 5.92 Å². The van der Waals surface area contributed by atoms with Gasteiger partial charge in [0.2, 0.25) is 0 Å². The number of likely N-dealkylation sites (N-methyl/N-ethyl adjacent to an activating group) is 1. The van der Waals surface area contributed by atoms with Crippen LogP contribution in [0.5, 0.6) is 0 Å². The summed E-state index contributed by atoms with van der Waals surface area (Å²) < 4.78 is 0. The zero-order valence-corrected chi connectivity index (χ0v) is 11.5. The van der Waals surface area contributed by atoms with Gasteiger partial charge in [0.1, 0.15) is 0 Å². The lowest BCUT2D eigenvalue weighted by Crippen LogP contribution is -2.44. The van der Waals surface area contributed by atoms with E-state index in [1.165, 1.54) is 18.4 Å². The molecule has 0 aliphatic heterocycles. The predicted octanol–water partition coefficient (Wildman–Crippen LogP) is 2.71. The Labute approximate surface area is 111 Å². The number of nitrogens with zero attached hydrogens (tertiary/aromatic N) is 1. The van der Waals surface area contributed by atoms with E-state index < -0.39 is 0 Å². The minimum Gasteiger partial charge on any atom is -0.393 e. The van der Waals surface area contributed by atoms with Crippen LogP contribution in [-0.2, 0) is 6.42 Å². The first-order valence-corrected chi connectivity index (χ1v) is 7.07. The fourth-order valence-corrected chi connectivity index (χ4v) is 3.16. The van der Waals surface area contributed by atoms with E-state index >= 15 is 0 Å². The summed E-state index contributed by atoms with van der Waals surface area (Å²) in [5.74, 6) is 0.425. The average Bonchev–Trinajstić information content (AvgIpc) is 2.38. The minimum absolute atomic E-state index is 0.116. The Morgan fingerprint density at radius 3 is 2.44 bits per heavy atom. The summed E-state index contributed by atoms with van der Waals surface area (Å²) in [6, 6.07) is 11.1. The molecule has 0 heterocycles. The first kappa shape index (κ1) is 13.6. The second kappa shape index (κ2) is 6.35. The van der Waals surface area contributed by atoms with Crippen LogP contribution in [0.2, 0.25) is 0 Å². The van der Waals surface area contributed by atoms with Crippen LogP contribution >= 0.6 is 0 Å². The van der Waals surface area contributed by atoms with Gasteiger partial charge in [-0.05, 0) is 38.9 Å². The van der Waals surface area contributed by atoms with Gasteiger partial charge in [0.25, 0.3) is 0 Å². The second-order valence-corrected chi connectivity index (χ2v) is 5.74. The third-order valence-electron chi connectivity index (χ3n) is 4.23. The maximum atomic E-state index is 10.2. The van der Waals surface area contributed by atoms with Crippen LogP contribution in [0.4, 0.5) is 0 Å². The number of hydrogen-bond acceptors (Lipinski definition) is 2. The van der Waals surface area contributed by atoms with Crippen molar-refractivity contribution in [1.82, 2.24) is 4.90 Å². The van der Waals surface area contributed by atoms with E-state index in [9.17, 15) is 5.11 Å². The Bertz CT molecular complexity index is 349. The molecule has 18 heavy (non-hydrogen) atoms. The highest BCUT2D eigenvalue weighted by molar-refractivity contribution is 5.16. The molecule has 100 valence electrons. The monoisotopic (exact) mass is 247 g/mol. The van der Waals surface area contributed by atoms with Crippen LogP contribution in [0.15, 0.2) is 30.3 Å². The molecule has 2 rings (SSSR count). The van der Waals surface area contributed by atoms with Crippen molar-refractivity contribution in [3.63, 3.8) is 0 Å². The van der Waals surface area contributed by atoms with Crippen molar-refractivity contribution in [2.75, 3.05) is 14.1 Å². The van der Waals surface area contributed by atoms with Gasteiger partial charge in [-0.3, -0.25) is 0 Å². The number of rotatable bonds is 4. The quantitative estimate of drug-likeness (QED) is 0.884. The maximum Gasteiger partial charge on any atom is 0.0583 e. The van der Waals surface area contributed by atoms with E-state index in [1.807, 2.05) is 0 Å². The van der Waals surface area contributed by atoms with Gasteiger partial charge >= 0.3 is 0 Å². The molecule has 1 N–H and O–H groups in total. The van der Waals surface area contributed by atoms with E-state index in [-0.39, 0.29) is 6.10 Å². The summed E-state index contributed by atoms with van der Waals surface area (Å²) in [5, 5.41) is 10.2. The molecule has 1 fully saturated rings. The average molecular weight is 247 g/mol. The van der Waals surface area contributed by atoms with Gasteiger partial charge in [0.05, 0.1) is 6.10 Å². The van der Waals surface area contributed by atoms with Crippen LogP contribution in [0.25, 0.3) is 0 Å². The number of aliphatic hydroxyl groups excluding tert-OH is 1. The smallest absolute Gasteiger partial charge is 0.0583 e. The predicted molar refractivity (Wildman–Crippen MR) is 75.6 cm³/mol. The molecule has 0 aromatic heterocycles. The molecular weight excluding hydrogens is 222 g/mol. The summed E-state index contributed by atoms with van der Waals surface area (Å²) in [5.41, 5.74) is 1.37. The van der Waals surface area contributed by atoms with Crippen LogP contribution in [-0.4, -0.2) is 36.2 Å². The van der Waals surface area contributed by atoms with Crippen LogP contribution in [0.3, 0.4) is 0 Å². The summed E-state index contributed by atoms with van der Waals surface area (Å²) >= 11 is 0. The molecule has 2 nitrogen and oxygen atoms in total. The zero-order chi connectivity index (χ0) is 13.0. The molecule has 2 heteroatoms. The van der Waals surface area contributed by atoms with Crippen LogP contribution in [0.1, 0.15) is 31.2 Å². The molecule has 3 atom stereocenters. The third kappa shape index (κ3) is 3.33. The highest BCUT2D eigenvalue weighted by atomic mass is 16.3. The SMILES string of the molecule is CN(C)C(Cc1ccccc1)C1CCCCC1O. The molecular formula is C16H25NO. The van der Waals surface area contributed by atoms with Gasteiger partial charge in [-0.2, -0.15) is 0 Å². The molecule has 1 aliphatic carbocycles. The van der Waals surface area contributed by atoms with E-state index in [2.05, 4.69) is 49.3 Å². The molecule has 1 aromatic carbocycles. The van der Waals surface area contributed by atoms with E-state index in [0.717, 1.165) is 19.3 Å². The Balaban J connectivity index is 2.08. The lowest BCUT2D eigenvalue weighted by atomic mass is 9.79. The molecule has 0 amide bonds. The number of benzene rings is 1. The highest BCUT2D eigenvalue weighted by Crippen LogP contribution is 2.30. The number of aliphatic hydroxyl groups is 1.